The van der Waals surface area contributed by atoms with Gasteiger partial charge >= 0.3 is 12.0 Å². The number of carbonyl (C=O) groups excluding carboxylic acids is 5. The molecule has 0 unspecified atom stereocenters. The van der Waals surface area contributed by atoms with Crippen LogP contribution >= 0.6 is 0 Å². The Labute approximate surface area is 167 Å². The van der Waals surface area contributed by atoms with Gasteiger partial charge in [0.05, 0.1) is 5.69 Å². The van der Waals surface area contributed by atoms with Gasteiger partial charge in [-0.15, -0.1) is 0 Å². The number of hydrogen-bond acceptors (Lipinski definition) is 6. The van der Waals surface area contributed by atoms with Crippen LogP contribution < -0.4 is 10.6 Å². The third kappa shape index (κ3) is 4.13. The molecule has 2 aliphatic rings. The van der Waals surface area contributed by atoms with Crippen LogP contribution in [0.2, 0.25) is 0 Å². The number of nitrogens with one attached hydrogen (secondary N) is 2. The minimum atomic E-state index is -1.18. The lowest BCUT2D eigenvalue weighted by atomic mass is 9.98. The quantitative estimate of drug-likeness (QED) is 0.424. The predicted molar refractivity (Wildman–Crippen MR) is 102 cm³/mol. The third-order valence-electron chi connectivity index (χ3n) is 5.23. The second-order valence-electron chi connectivity index (χ2n) is 7.33. The first-order valence-corrected chi connectivity index (χ1v) is 9.48. The van der Waals surface area contributed by atoms with E-state index in [1.54, 1.807) is 24.3 Å². The van der Waals surface area contributed by atoms with E-state index in [0.29, 0.717) is 24.1 Å². The number of hydrogen-bond donors (Lipinski definition) is 2. The van der Waals surface area contributed by atoms with Crippen molar-refractivity contribution < 1.29 is 28.7 Å². The number of amides is 4. The van der Waals surface area contributed by atoms with Crippen molar-refractivity contribution in [3.05, 3.63) is 29.8 Å². The monoisotopic (exact) mass is 401 g/mol. The number of esters is 1. The molecule has 1 atom stereocenters. The molecule has 2 N–H and O–H groups in total. The Balaban J connectivity index is 1.58. The van der Waals surface area contributed by atoms with Gasteiger partial charge in [0.2, 0.25) is 0 Å². The number of urea groups is 1. The highest BCUT2D eigenvalue weighted by Gasteiger charge is 2.52. The number of ketones is 1. The first-order valence-electron chi connectivity index (χ1n) is 9.48. The van der Waals surface area contributed by atoms with Crippen LogP contribution in [0.1, 0.15) is 49.9 Å². The second-order valence-corrected chi connectivity index (χ2v) is 7.33. The topological polar surface area (TPSA) is 122 Å². The summed E-state index contributed by atoms with van der Waals surface area (Å²) in [6, 6.07) is 5.85. The fourth-order valence-corrected chi connectivity index (χ4v) is 3.69. The summed E-state index contributed by atoms with van der Waals surface area (Å²) in [5.74, 6) is -2.14. The summed E-state index contributed by atoms with van der Waals surface area (Å²) in [4.78, 5) is 61.7. The smallest absolute Gasteiger partial charge is 0.327 e. The summed E-state index contributed by atoms with van der Waals surface area (Å²) in [7, 11) is 0. The van der Waals surface area contributed by atoms with E-state index in [2.05, 4.69) is 10.6 Å². The lowest BCUT2D eigenvalue weighted by Crippen LogP contribution is -2.44. The average molecular weight is 401 g/mol. The molecule has 154 valence electrons. The lowest BCUT2D eigenvalue weighted by molar-refractivity contribution is -0.155. The molecule has 1 aromatic rings. The minimum Gasteiger partial charge on any atom is -0.451 e. The summed E-state index contributed by atoms with van der Waals surface area (Å²) in [5.41, 5.74) is -0.262. The van der Waals surface area contributed by atoms with Crippen molar-refractivity contribution in [2.45, 2.75) is 51.2 Å². The Kier molecular flexibility index (Phi) is 5.67. The van der Waals surface area contributed by atoms with Crippen LogP contribution in [-0.4, -0.2) is 52.7 Å². The number of imide groups is 1. The van der Waals surface area contributed by atoms with Crippen molar-refractivity contribution >= 4 is 35.3 Å². The molecule has 1 aromatic carbocycles. The summed E-state index contributed by atoms with van der Waals surface area (Å²) in [6.07, 6.45) is 1.60. The van der Waals surface area contributed by atoms with Gasteiger partial charge in [0.15, 0.2) is 11.9 Å². The van der Waals surface area contributed by atoms with Gasteiger partial charge in [-0.2, -0.15) is 0 Å². The highest BCUT2D eigenvalue weighted by molar-refractivity contribution is 6.09. The zero-order chi connectivity index (χ0) is 21.2. The van der Waals surface area contributed by atoms with Crippen LogP contribution in [0.25, 0.3) is 0 Å². The van der Waals surface area contributed by atoms with E-state index < -0.39 is 42.0 Å². The number of ether oxygens (including phenoxy) is 1. The van der Waals surface area contributed by atoms with Gasteiger partial charge in [0.25, 0.3) is 11.8 Å². The molecule has 1 aliphatic heterocycles. The van der Waals surface area contributed by atoms with Gasteiger partial charge in [0, 0.05) is 5.56 Å². The van der Waals surface area contributed by atoms with Crippen LogP contribution in [0.3, 0.4) is 0 Å². The van der Waals surface area contributed by atoms with Crippen molar-refractivity contribution in [1.29, 1.82) is 0 Å². The Morgan fingerprint density at radius 2 is 1.86 bits per heavy atom. The average Bonchev–Trinajstić information content (AvgIpc) is 3.22. The predicted octanol–water partition coefficient (Wildman–Crippen LogP) is 1.62. The molecule has 1 spiro atoms. The van der Waals surface area contributed by atoms with Gasteiger partial charge in [-0.25, -0.2) is 4.79 Å². The number of nitrogens with zero attached hydrogens (tertiary/aromatic N) is 1. The Morgan fingerprint density at radius 1 is 1.21 bits per heavy atom. The summed E-state index contributed by atoms with van der Waals surface area (Å²) in [5, 5.41) is 5.23. The normalized spacial score (nSPS) is 18.5. The van der Waals surface area contributed by atoms with Crippen LogP contribution in [-0.2, 0) is 19.1 Å². The van der Waals surface area contributed by atoms with Crippen molar-refractivity contribution in [3.8, 4) is 0 Å². The molecule has 0 aromatic heterocycles. The first kappa shape index (κ1) is 20.5. The fourth-order valence-electron chi connectivity index (χ4n) is 3.69. The summed E-state index contributed by atoms with van der Waals surface area (Å²) >= 11 is 0. The van der Waals surface area contributed by atoms with Crippen molar-refractivity contribution in [2.75, 3.05) is 11.9 Å². The largest absolute Gasteiger partial charge is 0.451 e. The number of carbonyl (C=O) groups is 5. The van der Waals surface area contributed by atoms with Crippen molar-refractivity contribution in [2.24, 2.45) is 0 Å². The molecule has 29 heavy (non-hydrogen) atoms. The maximum Gasteiger partial charge on any atom is 0.327 e. The standard InChI is InChI=1S/C20H23N3O6/c1-12(24)14-7-3-4-8-15(14)21-17(26)13(2)29-16(25)11-23-18(27)20(22-19(23)28)9-5-6-10-20/h3-4,7-8,13H,5-6,9-11H2,1-2H3,(H,21,26)(H,22,28)/t13-/m1/s1. The molecular weight excluding hydrogens is 378 g/mol. The van der Waals surface area contributed by atoms with Gasteiger partial charge in [-0.05, 0) is 38.8 Å². The number of rotatable bonds is 6. The van der Waals surface area contributed by atoms with Gasteiger partial charge in [-0.3, -0.25) is 24.1 Å². The Morgan fingerprint density at radius 3 is 2.52 bits per heavy atom. The minimum absolute atomic E-state index is 0.218. The van der Waals surface area contributed by atoms with Gasteiger partial charge in [0.1, 0.15) is 12.1 Å². The number of Topliss-reactive ketones (excluding diaryl/α,β-unsaturated/α-hetero) is 1. The summed E-state index contributed by atoms with van der Waals surface area (Å²) < 4.78 is 5.08. The second kappa shape index (κ2) is 8.02. The molecule has 3 rings (SSSR count). The van der Waals surface area contributed by atoms with E-state index in [1.165, 1.54) is 13.8 Å². The number of anilines is 1. The molecule has 0 radical (unpaired) electrons. The van der Waals surface area contributed by atoms with Gasteiger partial charge in [-0.1, -0.05) is 25.0 Å². The van der Waals surface area contributed by atoms with Crippen LogP contribution in [0.5, 0.6) is 0 Å². The summed E-state index contributed by atoms with van der Waals surface area (Å²) in [6.45, 7) is 2.19. The SMILES string of the molecule is CC(=O)c1ccccc1NC(=O)[C@@H](C)OC(=O)CN1C(=O)NC2(CCCC2)C1=O. The van der Waals surface area contributed by atoms with Crippen LogP contribution in [0, 0.1) is 0 Å². The van der Waals surface area contributed by atoms with Crippen LogP contribution in [0.4, 0.5) is 10.5 Å². The molecule has 2 fully saturated rings. The van der Waals surface area contributed by atoms with Crippen molar-refractivity contribution in [1.82, 2.24) is 10.2 Å². The van der Waals surface area contributed by atoms with Gasteiger partial charge < -0.3 is 15.4 Å². The van der Waals surface area contributed by atoms with Crippen LogP contribution in [0.15, 0.2) is 24.3 Å². The van der Waals surface area contributed by atoms with Crippen molar-refractivity contribution in [3.63, 3.8) is 0 Å². The Bertz CT molecular complexity index is 875. The molecule has 1 heterocycles. The maximum absolute atomic E-state index is 12.6. The molecule has 9 heteroatoms. The number of benzene rings is 1. The lowest BCUT2D eigenvalue weighted by Gasteiger charge is -2.20. The van der Waals surface area contributed by atoms with E-state index in [1.807, 2.05) is 0 Å². The maximum atomic E-state index is 12.6. The molecule has 4 amide bonds. The molecule has 9 nitrogen and oxygen atoms in total. The first-order chi connectivity index (χ1) is 13.7. The molecular formula is C20H23N3O6. The number of para-hydroxylation sites is 1. The van der Waals surface area contributed by atoms with E-state index in [9.17, 15) is 24.0 Å². The van der Waals surface area contributed by atoms with E-state index in [-0.39, 0.29) is 5.78 Å². The third-order valence-corrected chi connectivity index (χ3v) is 5.23. The Hall–Kier alpha value is -3.23. The molecule has 1 saturated carbocycles. The van der Waals surface area contributed by atoms with E-state index >= 15 is 0 Å². The molecule has 1 saturated heterocycles. The molecule has 1 aliphatic carbocycles. The highest BCUT2D eigenvalue weighted by atomic mass is 16.5. The molecule has 0 bridgehead atoms. The fraction of sp³-hybridized carbons (Fsp3) is 0.450. The zero-order valence-corrected chi connectivity index (χ0v) is 16.3. The van der Waals surface area contributed by atoms with E-state index in [0.717, 1.165) is 17.7 Å². The highest BCUT2D eigenvalue weighted by Crippen LogP contribution is 2.34. The zero-order valence-electron chi connectivity index (χ0n) is 16.3. The van der Waals surface area contributed by atoms with E-state index in [4.69, 9.17) is 4.74 Å².